The molecule has 0 heteroatoms. The summed E-state index contributed by atoms with van der Waals surface area (Å²) in [6.45, 7) is 9.11. The Morgan fingerprint density at radius 3 is 2.25 bits per heavy atom. The summed E-state index contributed by atoms with van der Waals surface area (Å²) in [6, 6.07) is 0. The molecule has 0 bridgehead atoms. The third-order valence-corrected chi connectivity index (χ3v) is 2.24. The summed E-state index contributed by atoms with van der Waals surface area (Å²) < 4.78 is 0. The monoisotopic (exact) mass is 168 g/mol. The summed E-state index contributed by atoms with van der Waals surface area (Å²) in [5.74, 6) is 0.752. The molecule has 0 aromatic heterocycles. The fourth-order valence-electron chi connectivity index (χ4n) is 1.41. The first-order valence-electron chi connectivity index (χ1n) is 5.41. The van der Waals surface area contributed by atoms with E-state index < -0.39 is 0 Å². The minimum atomic E-state index is 0.752. The van der Waals surface area contributed by atoms with Crippen molar-refractivity contribution in [3.63, 3.8) is 0 Å². The summed E-state index contributed by atoms with van der Waals surface area (Å²) in [7, 11) is 0. The molecule has 0 spiro atoms. The van der Waals surface area contributed by atoms with Crippen molar-refractivity contribution in [3.05, 3.63) is 11.6 Å². The second kappa shape index (κ2) is 7.39. The molecule has 0 radical (unpaired) electrons. The van der Waals surface area contributed by atoms with Crippen LogP contribution in [0.2, 0.25) is 0 Å². The van der Waals surface area contributed by atoms with Crippen LogP contribution in [0.4, 0.5) is 0 Å². The average molecular weight is 168 g/mol. The van der Waals surface area contributed by atoms with Crippen molar-refractivity contribution in [2.75, 3.05) is 0 Å². The Kier molecular flexibility index (Phi) is 7.23. The Morgan fingerprint density at radius 1 is 1.17 bits per heavy atom. The predicted molar refractivity (Wildman–Crippen MR) is 57.4 cm³/mol. The van der Waals surface area contributed by atoms with Crippen molar-refractivity contribution in [1.82, 2.24) is 0 Å². The normalized spacial score (nSPS) is 12.6. The van der Waals surface area contributed by atoms with Crippen LogP contribution in [0.15, 0.2) is 11.6 Å². The van der Waals surface area contributed by atoms with Crippen LogP contribution >= 0.6 is 0 Å². The van der Waals surface area contributed by atoms with Gasteiger partial charge in [-0.15, -0.1) is 0 Å². The molecule has 0 aromatic rings. The highest BCUT2D eigenvalue weighted by molar-refractivity contribution is 5.04. The Balaban J connectivity index is 3.82. The van der Waals surface area contributed by atoms with E-state index in [1.165, 1.54) is 32.1 Å². The maximum atomic E-state index is 2.46. The maximum absolute atomic E-state index is 2.46. The maximum Gasteiger partial charge on any atom is -0.0260 e. The van der Waals surface area contributed by atoms with Crippen LogP contribution in [0.5, 0.6) is 0 Å². The van der Waals surface area contributed by atoms with Gasteiger partial charge in [-0.2, -0.15) is 0 Å². The number of allylic oxidation sites excluding steroid dienone is 2. The van der Waals surface area contributed by atoms with E-state index in [0.717, 1.165) is 5.92 Å². The van der Waals surface area contributed by atoms with Gasteiger partial charge in [-0.3, -0.25) is 0 Å². The summed E-state index contributed by atoms with van der Waals surface area (Å²) >= 11 is 0. The summed E-state index contributed by atoms with van der Waals surface area (Å²) in [6.07, 6.45) is 8.98. The molecule has 0 N–H and O–H groups in total. The van der Waals surface area contributed by atoms with Crippen LogP contribution < -0.4 is 0 Å². The van der Waals surface area contributed by atoms with Gasteiger partial charge < -0.3 is 0 Å². The lowest BCUT2D eigenvalue weighted by molar-refractivity contribution is 0.687. The van der Waals surface area contributed by atoms with Gasteiger partial charge in [-0.25, -0.2) is 0 Å². The van der Waals surface area contributed by atoms with Crippen LogP contribution in [-0.4, -0.2) is 0 Å². The molecule has 0 aliphatic carbocycles. The lowest BCUT2D eigenvalue weighted by Crippen LogP contribution is -1.93. The molecule has 0 unspecified atom stereocenters. The van der Waals surface area contributed by atoms with Crippen molar-refractivity contribution in [3.8, 4) is 0 Å². The van der Waals surface area contributed by atoms with Crippen molar-refractivity contribution in [1.29, 1.82) is 0 Å². The highest BCUT2D eigenvalue weighted by atomic mass is 14.1. The van der Waals surface area contributed by atoms with Crippen LogP contribution in [-0.2, 0) is 0 Å². The van der Waals surface area contributed by atoms with Gasteiger partial charge >= 0.3 is 0 Å². The van der Waals surface area contributed by atoms with Crippen LogP contribution in [0.1, 0.15) is 59.8 Å². The molecule has 0 aromatic carbocycles. The standard InChI is InChI=1S/C12H24/c1-5-7-8-10-12(9-6-2)11(3)4/h10-11H,5-9H2,1-4H3. The summed E-state index contributed by atoms with van der Waals surface area (Å²) in [4.78, 5) is 0. The molecule has 72 valence electrons. The second-order valence-electron chi connectivity index (χ2n) is 3.83. The van der Waals surface area contributed by atoms with Crippen molar-refractivity contribution < 1.29 is 0 Å². The van der Waals surface area contributed by atoms with Gasteiger partial charge in [0.25, 0.3) is 0 Å². The first-order valence-corrected chi connectivity index (χ1v) is 5.41. The first-order chi connectivity index (χ1) is 5.72. The molecule has 0 fully saturated rings. The fraction of sp³-hybridized carbons (Fsp3) is 0.833. The number of hydrogen-bond donors (Lipinski definition) is 0. The largest absolute Gasteiger partial charge is 0.0851 e. The SMILES string of the molecule is CCCCC=C(CCC)C(C)C. The molecule has 12 heavy (non-hydrogen) atoms. The van der Waals surface area contributed by atoms with Gasteiger partial charge in [0.05, 0.1) is 0 Å². The third kappa shape index (κ3) is 5.40. The zero-order valence-electron chi connectivity index (χ0n) is 9.19. The lowest BCUT2D eigenvalue weighted by atomic mass is 9.97. The van der Waals surface area contributed by atoms with E-state index in [2.05, 4.69) is 33.8 Å². The Labute approximate surface area is 78.1 Å². The van der Waals surface area contributed by atoms with E-state index in [1.54, 1.807) is 5.57 Å². The minimum absolute atomic E-state index is 0.752. The minimum Gasteiger partial charge on any atom is -0.0851 e. The molecule has 0 atom stereocenters. The van der Waals surface area contributed by atoms with Crippen LogP contribution in [0.25, 0.3) is 0 Å². The molecule has 0 aliphatic rings. The van der Waals surface area contributed by atoms with E-state index in [1.807, 2.05) is 0 Å². The number of hydrogen-bond acceptors (Lipinski definition) is 0. The van der Waals surface area contributed by atoms with Gasteiger partial charge in [-0.1, -0.05) is 58.6 Å². The van der Waals surface area contributed by atoms with Crippen molar-refractivity contribution in [2.24, 2.45) is 5.92 Å². The molecular weight excluding hydrogens is 144 g/mol. The highest BCUT2D eigenvalue weighted by Gasteiger charge is 2.00. The molecular formula is C12H24. The lowest BCUT2D eigenvalue weighted by Gasteiger charge is -2.09. The third-order valence-electron chi connectivity index (χ3n) is 2.24. The average Bonchev–Trinajstić information content (AvgIpc) is 2.03. The fourth-order valence-corrected chi connectivity index (χ4v) is 1.41. The highest BCUT2D eigenvalue weighted by Crippen LogP contribution is 2.17. The smallest absolute Gasteiger partial charge is 0.0260 e. The first kappa shape index (κ1) is 11.7. The molecule has 0 nitrogen and oxygen atoms in total. The molecule has 0 aliphatic heterocycles. The van der Waals surface area contributed by atoms with E-state index in [9.17, 15) is 0 Å². The van der Waals surface area contributed by atoms with Gasteiger partial charge in [-0.05, 0) is 18.8 Å². The number of unbranched alkanes of at least 4 members (excludes halogenated alkanes) is 2. The second-order valence-corrected chi connectivity index (χ2v) is 3.83. The summed E-state index contributed by atoms with van der Waals surface area (Å²) in [5, 5.41) is 0. The Hall–Kier alpha value is -0.260. The zero-order chi connectivity index (χ0) is 9.40. The summed E-state index contributed by atoms with van der Waals surface area (Å²) in [5.41, 5.74) is 1.66. The van der Waals surface area contributed by atoms with E-state index in [0.29, 0.717) is 0 Å². The van der Waals surface area contributed by atoms with Gasteiger partial charge in [0.2, 0.25) is 0 Å². The quantitative estimate of drug-likeness (QED) is 0.403. The van der Waals surface area contributed by atoms with Gasteiger partial charge in [0.15, 0.2) is 0 Å². The van der Waals surface area contributed by atoms with E-state index in [4.69, 9.17) is 0 Å². The number of rotatable bonds is 6. The Bertz CT molecular complexity index is 120. The van der Waals surface area contributed by atoms with Gasteiger partial charge in [0, 0.05) is 0 Å². The molecule has 0 saturated heterocycles. The van der Waals surface area contributed by atoms with E-state index in [-0.39, 0.29) is 0 Å². The van der Waals surface area contributed by atoms with Crippen LogP contribution in [0, 0.1) is 5.92 Å². The molecule has 0 heterocycles. The molecule has 0 saturated carbocycles. The van der Waals surface area contributed by atoms with Crippen LogP contribution in [0.3, 0.4) is 0 Å². The zero-order valence-corrected chi connectivity index (χ0v) is 9.19. The topological polar surface area (TPSA) is 0 Å². The van der Waals surface area contributed by atoms with E-state index >= 15 is 0 Å². The predicted octanol–water partition coefficient (Wildman–Crippen LogP) is 4.56. The van der Waals surface area contributed by atoms with Crippen molar-refractivity contribution in [2.45, 2.75) is 59.8 Å². The molecule has 0 rings (SSSR count). The van der Waals surface area contributed by atoms with Gasteiger partial charge in [0.1, 0.15) is 0 Å². The van der Waals surface area contributed by atoms with Crippen molar-refractivity contribution >= 4 is 0 Å². The Morgan fingerprint density at radius 2 is 1.83 bits per heavy atom. The molecule has 0 amide bonds.